The van der Waals surface area contributed by atoms with Crippen molar-refractivity contribution in [3.8, 4) is 5.69 Å². The third-order valence-corrected chi connectivity index (χ3v) is 6.93. The van der Waals surface area contributed by atoms with Crippen LogP contribution < -0.4 is 10.9 Å². The normalized spacial score (nSPS) is 19.1. The monoisotopic (exact) mass is 523 g/mol. The van der Waals surface area contributed by atoms with E-state index < -0.39 is 18.1 Å². The van der Waals surface area contributed by atoms with Crippen molar-refractivity contribution in [3.05, 3.63) is 99.4 Å². The molecular weight excluding hydrogens is 489 g/mol. The third-order valence-electron chi connectivity index (χ3n) is 6.93. The lowest BCUT2D eigenvalue weighted by molar-refractivity contribution is -0.166. The molecule has 1 aliphatic heterocycles. The van der Waals surface area contributed by atoms with Gasteiger partial charge in [0.15, 0.2) is 5.76 Å². The summed E-state index contributed by atoms with van der Waals surface area (Å²) in [5, 5.41) is 12.4. The Labute approximate surface area is 221 Å². The zero-order valence-electron chi connectivity index (χ0n) is 21.9. The number of hydrogen-bond donors (Lipinski definition) is 2. The lowest BCUT2D eigenvalue weighted by atomic mass is 9.80. The Kier molecular flexibility index (Phi) is 8.81. The molecule has 0 saturated heterocycles. The number of aliphatic hydroxyl groups is 1. The van der Waals surface area contributed by atoms with Gasteiger partial charge in [-0.25, -0.2) is 9.07 Å². The van der Waals surface area contributed by atoms with Crippen LogP contribution in [0.1, 0.15) is 42.5 Å². The molecule has 4 rings (SSSR count). The highest BCUT2D eigenvalue weighted by atomic mass is 19.1. The van der Waals surface area contributed by atoms with E-state index in [2.05, 4.69) is 5.32 Å². The number of allylic oxidation sites excluding steroid dienone is 1. The van der Waals surface area contributed by atoms with Gasteiger partial charge in [-0.3, -0.25) is 14.3 Å². The summed E-state index contributed by atoms with van der Waals surface area (Å²) >= 11 is 0. The maximum absolute atomic E-state index is 13.9. The molecule has 38 heavy (non-hydrogen) atoms. The van der Waals surface area contributed by atoms with E-state index in [0.29, 0.717) is 25.0 Å². The van der Waals surface area contributed by atoms with Gasteiger partial charge in [0.05, 0.1) is 5.69 Å². The summed E-state index contributed by atoms with van der Waals surface area (Å²) in [5.74, 6) is -1.53. The van der Waals surface area contributed by atoms with Gasteiger partial charge in [0, 0.05) is 49.9 Å². The van der Waals surface area contributed by atoms with E-state index in [4.69, 9.17) is 9.47 Å². The smallest absolute Gasteiger partial charge is 0.286 e. The van der Waals surface area contributed by atoms with Crippen molar-refractivity contribution in [2.75, 3.05) is 13.2 Å². The van der Waals surface area contributed by atoms with E-state index in [1.54, 1.807) is 22.9 Å². The Morgan fingerprint density at radius 1 is 1.16 bits per heavy atom. The van der Waals surface area contributed by atoms with Crippen LogP contribution in [0.25, 0.3) is 5.69 Å². The molecule has 0 fully saturated rings. The topological polar surface area (TPSA) is 94.7 Å². The minimum absolute atomic E-state index is 0.0151. The average molecular weight is 524 g/mol. The van der Waals surface area contributed by atoms with Gasteiger partial charge in [-0.05, 0) is 62.6 Å². The van der Waals surface area contributed by atoms with Crippen LogP contribution in [0.4, 0.5) is 4.39 Å². The molecule has 2 N–H and O–H groups in total. The third kappa shape index (κ3) is 5.74. The number of para-hydroxylation sites is 1. The fraction of sp³-hybridized carbons (Fsp3) is 0.379. The number of aromatic nitrogens is 2. The fourth-order valence-electron chi connectivity index (χ4n) is 4.94. The SMILES string of the molecule is CCO[C@H]1OC(C(=O)NCc2ccc(F)cc2)=C[C@@H](c2c(C)n(C)n(-c3ccccc3)c2=O)[C@@H]1CCCO. The van der Waals surface area contributed by atoms with Crippen LogP contribution in [0, 0.1) is 18.7 Å². The minimum atomic E-state index is -0.780. The maximum Gasteiger partial charge on any atom is 0.286 e. The summed E-state index contributed by atoms with van der Waals surface area (Å²) in [6, 6.07) is 15.2. The Balaban J connectivity index is 1.74. The first kappa shape index (κ1) is 27.3. The quantitative estimate of drug-likeness (QED) is 0.423. The lowest BCUT2D eigenvalue weighted by Crippen LogP contribution is -2.40. The van der Waals surface area contributed by atoms with Gasteiger partial charge in [-0.2, -0.15) is 0 Å². The summed E-state index contributed by atoms with van der Waals surface area (Å²) in [4.78, 5) is 27.0. The molecule has 1 aliphatic rings. The number of nitrogens with one attached hydrogen (secondary N) is 1. The minimum Gasteiger partial charge on any atom is -0.459 e. The summed E-state index contributed by atoms with van der Waals surface area (Å²) in [5.41, 5.74) is 2.60. The zero-order chi connectivity index (χ0) is 27.2. The van der Waals surface area contributed by atoms with Gasteiger partial charge >= 0.3 is 0 Å². The first-order valence-electron chi connectivity index (χ1n) is 12.8. The van der Waals surface area contributed by atoms with Gasteiger partial charge in [-0.15, -0.1) is 0 Å². The number of rotatable bonds is 10. The molecule has 3 atom stereocenters. The van der Waals surface area contributed by atoms with Crippen molar-refractivity contribution in [1.82, 2.24) is 14.7 Å². The highest BCUT2D eigenvalue weighted by Gasteiger charge is 2.40. The largest absolute Gasteiger partial charge is 0.459 e. The standard InChI is InChI=1S/C29H34FN3O5/c1-4-37-29-23(11-8-16-34)24(17-25(38-29)27(35)31-18-20-12-14-21(30)15-13-20)26-19(2)32(3)33(28(26)36)22-9-6-5-7-10-22/h5-7,9-10,12-15,17,23-24,29,34H,4,8,11,16,18H2,1-3H3,(H,31,35)/t23-,24+,29-/m0/s1. The van der Waals surface area contributed by atoms with Crippen LogP contribution >= 0.6 is 0 Å². The van der Waals surface area contributed by atoms with Gasteiger partial charge < -0.3 is 19.9 Å². The van der Waals surface area contributed by atoms with Crippen LogP contribution in [0.3, 0.4) is 0 Å². The Morgan fingerprint density at radius 2 is 1.87 bits per heavy atom. The Morgan fingerprint density at radius 3 is 2.53 bits per heavy atom. The molecule has 3 aromatic rings. The van der Waals surface area contributed by atoms with Crippen molar-refractivity contribution in [2.24, 2.45) is 13.0 Å². The molecule has 1 aromatic heterocycles. The molecule has 202 valence electrons. The molecule has 0 radical (unpaired) electrons. The van der Waals surface area contributed by atoms with Crippen molar-refractivity contribution in [1.29, 1.82) is 0 Å². The number of ether oxygens (including phenoxy) is 2. The molecule has 2 heterocycles. The van der Waals surface area contributed by atoms with Crippen LogP contribution in [-0.4, -0.2) is 39.9 Å². The number of nitrogens with zero attached hydrogens (tertiary/aromatic N) is 2. The van der Waals surface area contributed by atoms with E-state index in [1.807, 2.05) is 55.9 Å². The highest BCUT2D eigenvalue weighted by Crippen LogP contribution is 2.39. The van der Waals surface area contributed by atoms with Crippen molar-refractivity contribution >= 4 is 5.91 Å². The molecule has 0 spiro atoms. The lowest BCUT2D eigenvalue weighted by Gasteiger charge is -2.36. The van der Waals surface area contributed by atoms with E-state index >= 15 is 0 Å². The van der Waals surface area contributed by atoms with Crippen molar-refractivity contribution in [3.63, 3.8) is 0 Å². The van der Waals surface area contributed by atoms with Gasteiger partial charge in [-0.1, -0.05) is 30.3 Å². The molecule has 0 saturated carbocycles. The summed E-state index contributed by atoms with van der Waals surface area (Å²) in [7, 11) is 1.83. The maximum atomic E-state index is 13.9. The second kappa shape index (κ2) is 12.2. The van der Waals surface area contributed by atoms with E-state index in [9.17, 15) is 19.1 Å². The zero-order valence-corrected chi connectivity index (χ0v) is 21.9. The summed E-state index contributed by atoms with van der Waals surface area (Å²) in [6.45, 7) is 4.23. The van der Waals surface area contributed by atoms with Crippen molar-refractivity contribution < 1.29 is 23.8 Å². The highest BCUT2D eigenvalue weighted by molar-refractivity contribution is 5.91. The predicted molar refractivity (Wildman–Crippen MR) is 141 cm³/mol. The molecular formula is C29H34FN3O5. The number of carbonyl (C=O) groups is 1. The van der Waals surface area contributed by atoms with E-state index in [0.717, 1.165) is 16.9 Å². The first-order chi connectivity index (χ1) is 18.3. The Hall–Kier alpha value is -3.69. The molecule has 8 nitrogen and oxygen atoms in total. The number of carbonyl (C=O) groups excluding carboxylic acids is 1. The predicted octanol–water partition coefficient (Wildman–Crippen LogP) is 3.69. The molecule has 0 bridgehead atoms. The average Bonchev–Trinajstić information content (AvgIpc) is 3.15. The summed E-state index contributed by atoms with van der Waals surface area (Å²) in [6.07, 6.45) is 1.94. The van der Waals surface area contributed by atoms with Gasteiger partial charge in [0.25, 0.3) is 11.5 Å². The van der Waals surface area contributed by atoms with Crippen LogP contribution in [0.5, 0.6) is 0 Å². The number of benzene rings is 2. The van der Waals surface area contributed by atoms with Crippen LogP contribution in [-0.2, 0) is 27.9 Å². The fourth-order valence-corrected chi connectivity index (χ4v) is 4.94. The van der Waals surface area contributed by atoms with E-state index in [1.165, 1.54) is 12.1 Å². The first-order valence-corrected chi connectivity index (χ1v) is 12.8. The number of aliphatic hydroxyl groups excluding tert-OH is 1. The van der Waals surface area contributed by atoms with Gasteiger partial charge in [0.1, 0.15) is 5.82 Å². The second-order valence-corrected chi connectivity index (χ2v) is 9.31. The number of halogens is 1. The Bertz CT molecular complexity index is 1330. The molecule has 0 unspecified atom stereocenters. The van der Waals surface area contributed by atoms with Gasteiger partial charge in [0.2, 0.25) is 6.29 Å². The molecule has 1 amide bonds. The van der Waals surface area contributed by atoms with Crippen molar-refractivity contribution in [2.45, 2.75) is 45.4 Å². The second-order valence-electron chi connectivity index (χ2n) is 9.31. The summed E-state index contributed by atoms with van der Waals surface area (Å²) < 4.78 is 28.6. The van der Waals surface area contributed by atoms with Crippen LogP contribution in [0.15, 0.2) is 71.2 Å². The number of hydrogen-bond acceptors (Lipinski definition) is 5. The van der Waals surface area contributed by atoms with Crippen LogP contribution in [0.2, 0.25) is 0 Å². The molecule has 0 aliphatic carbocycles. The van der Waals surface area contributed by atoms with E-state index in [-0.39, 0.29) is 36.2 Å². The molecule has 9 heteroatoms. The molecule has 2 aromatic carbocycles. The number of amides is 1.